The van der Waals surface area contributed by atoms with Crippen molar-refractivity contribution in [2.24, 2.45) is 0 Å². The molecule has 0 bridgehead atoms. The topological polar surface area (TPSA) is 74.5 Å². The highest BCUT2D eigenvalue weighted by atomic mass is 16.6. The van der Waals surface area contributed by atoms with Gasteiger partial charge in [-0.2, -0.15) is 4.98 Å². The summed E-state index contributed by atoms with van der Waals surface area (Å²) in [5.74, 6) is -0.382. The van der Waals surface area contributed by atoms with Crippen molar-refractivity contribution in [3.63, 3.8) is 0 Å². The second kappa shape index (κ2) is 5.45. The number of ether oxygens (including phenoxy) is 2. The number of methoxy groups -OCH3 is 1. The highest BCUT2D eigenvalue weighted by Crippen LogP contribution is 2.16. The van der Waals surface area contributed by atoms with Crippen LogP contribution in [0, 0.1) is 0 Å². The fourth-order valence-electron chi connectivity index (χ4n) is 1.10. The van der Waals surface area contributed by atoms with E-state index in [9.17, 15) is 4.79 Å². The van der Waals surface area contributed by atoms with Crippen molar-refractivity contribution in [3.05, 3.63) is 11.7 Å². The lowest BCUT2D eigenvalue weighted by Gasteiger charge is -2.05. The molecule has 0 saturated carbocycles. The summed E-state index contributed by atoms with van der Waals surface area (Å²) < 4.78 is 14.6. The van der Waals surface area contributed by atoms with Gasteiger partial charge in [-0.3, -0.25) is 0 Å². The van der Waals surface area contributed by atoms with E-state index in [-0.39, 0.29) is 18.6 Å². The maximum Gasteiger partial charge on any atom is 0.397 e. The molecule has 0 aliphatic heterocycles. The van der Waals surface area contributed by atoms with Crippen molar-refractivity contribution in [2.75, 3.05) is 13.7 Å². The predicted octanol–water partition coefficient (Wildman–Crippen LogP) is 1.34. The van der Waals surface area contributed by atoms with E-state index in [0.29, 0.717) is 12.2 Å². The Hall–Kier alpha value is -1.43. The van der Waals surface area contributed by atoms with Gasteiger partial charge < -0.3 is 14.0 Å². The lowest BCUT2D eigenvalue weighted by Crippen LogP contribution is -2.06. The summed E-state index contributed by atoms with van der Waals surface area (Å²) in [6.45, 7) is 3.91. The molecule has 1 heterocycles. The van der Waals surface area contributed by atoms with Crippen LogP contribution in [0.25, 0.3) is 0 Å². The standard InChI is InChI=1S/C9H14N2O4/c1-4-6(13-3)7-10-8(15-11-7)9(12)14-5-2/h6H,4-5H2,1-3H3. The van der Waals surface area contributed by atoms with Crippen molar-refractivity contribution < 1.29 is 18.8 Å². The Kier molecular flexibility index (Phi) is 4.23. The van der Waals surface area contributed by atoms with Crippen LogP contribution in [0.1, 0.15) is 42.9 Å². The van der Waals surface area contributed by atoms with Gasteiger partial charge in [0.15, 0.2) is 0 Å². The Morgan fingerprint density at radius 3 is 2.80 bits per heavy atom. The zero-order valence-electron chi connectivity index (χ0n) is 9.02. The third-order valence-electron chi connectivity index (χ3n) is 1.84. The Labute approximate surface area is 87.6 Å². The predicted molar refractivity (Wildman–Crippen MR) is 50.3 cm³/mol. The first-order valence-electron chi connectivity index (χ1n) is 4.76. The second-order valence-corrected chi connectivity index (χ2v) is 2.81. The summed E-state index contributed by atoms with van der Waals surface area (Å²) in [7, 11) is 1.55. The van der Waals surface area contributed by atoms with Crippen LogP contribution in [0.2, 0.25) is 0 Å². The van der Waals surface area contributed by atoms with Crippen LogP contribution >= 0.6 is 0 Å². The third-order valence-corrected chi connectivity index (χ3v) is 1.84. The molecule has 0 radical (unpaired) electrons. The maximum absolute atomic E-state index is 11.2. The van der Waals surface area contributed by atoms with Crippen LogP contribution in [0.15, 0.2) is 4.52 Å². The van der Waals surface area contributed by atoms with Gasteiger partial charge in [-0.15, -0.1) is 0 Å². The molecule has 0 aliphatic rings. The van der Waals surface area contributed by atoms with Gasteiger partial charge in [-0.1, -0.05) is 12.1 Å². The monoisotopic (exact) mass is 214 g/mol. The van der Waals surface area contributed by atoms with Gasteiger partial charge in [-0.05, 0) is 13.3 Å². The third kappa shape index (κ3) is 2.76. The Bertz CT molecular complexity index is 320. The van der Waals surface area contributed by atoms with E-state index in [4.69, 9.17) is 14.0 Å². The molecule has 0 aromatic carbocycles. The molecular formula is C9H14N2O4. The van der Waals surface area contributed by atoms with Crippen LogP contribution in [0.5, 0.6) is 0 Å². The number of aromatic nitrogens is 2. The minimum Gasteiger partial charge on any atom is -0.459 e. The molecule has 15 heavy (non-hydrogen) atoms. The molecule has 0 amide bonds. The van der Waals surface area contributed by atoms with Crippen LogP contribution < -0.4 is 0 Å². The molecule has 1 rings (SSSR count). The van der Waals surface area contributed by atoms with Gasteiger partial charge in [0.05, 0.1) is 6.61 Å². The van der Waals surface area contributed by atoms with Crippen LogP contribution in [0.4, 0.5) is 0 Å². The number of hydrogen-bond donors (Lipinski definition) is 0. The molecule has 0 spiro atoms. The van der Waals surface area contributed by atoms with E-state index >= 15 is 0 Å². The number of carbonyl (C=O) groups excluding carboxylic acids is 1. The lowest BCUT2D eigenvalue weighted by atomic mass is 10.3. The van der Waals surface area contributed by atoms with Gasteiger partial charge in [-0.25, -0.2) is 4.79 Å². The molecule has 1 unspecified atom stereocenters. The quantitative estimate of drug-likeness (QED) is 0.688. The molecule has 6 nitrogen and oxygen atoms in total. The van der Waals surface area contributed by atoms with Crippen molar-refractivity contribution in [3.8, 4) is 0 Å². The minimum atomic E-state index is -0.609. The van der Waals surface area contributed by atoms with E-state index in [1.807, 2.05) is 6.92 Å². The Morgan fingerprint density at radius 1 is 1.53 bits per heavy atom. The maximum atomic E-state index is 11.2. The fraction of sp³-hybridized carbons (Fsp3) is 0.667. The van der Waals surface area contributed by atoms with Gasteiger partial charge in [0.25, 0.3) is 0 Å². The largest absolute Gasteiger partial charge is 0.459 e. The van der Waals surface area contributed by atoms with E-state index in [2.05, 4.69) is 10.1 Å². The minimum absolute atomic E-state index is 0.137. The molecule has 1 aromatic heterocycles. The number of carbonyl (C=O) groups is 1. The highest BCUT2D eigenvalue weighted by Gasteiger charge is 2.20. The normalized spacial score (nSPS) is 12.5. The van der Waals surface area contributed by atoms with Gasteiger partial charge >= 0.3 is 11.9 Å². The van der Waals surface area contributed by atoms with Crippen LogP contribution in [0.3, 0.4) is 0 Å². The smallest absolute Gasteiger partial charge is 0.397 e. The first-order chi connectivity index (χ1) is 7.22. The molecule has 0 fully saturated rings. The zero-order valence-corrected chi connectivity index (χ0v) is 9.02. The molecule has 0 aliphatic carbocycles. The molecule has 0 N–H and O–H groups in total. The molecule has 6 heteroatoms. The summed E-state index contributed by atoms with van der Waals surface area (Å²) >= 11 is 0. The van der Waals surface area contributed by atoms with Gasteiger partial charge in [0.2, 0.25) is 5.82 Å². The number of nitrogens with zero attached hydrogens (tertiary/aromatic N) is 2. The lowest BCUT2D eigenvalue weighted by molar-refractivity contribution is 0.0470. The second-order valence-electron chi connectivity index (χ2n) is 2.81. The van der Waals surface area contributed by atoms with E-state index < -0.39 is 5.97 Å². The molecule has 0 saturated heterocycles. The molecule has 84 valence electrons. The molecule has 1 aromatic rings. The summed E-state index contributed by atoms with van der Waals surface area (Å²) in [6, 6.07) is 0. The summed E-state index contributed by atoms with van der Waals surface area (Å²) in [5, 5.41) is 3.65. The van der Waals surface area contributed by atoms with Crippen molar-refractivity contribution in [2.45, 2.75) is 26.4 Å². The first kappa shape index (κ1) is 11.6. The number of esters is 1. The van der Waals surface area contributed by atoms with Crippen molar-refractivity contribution >= 4 is 5.97 Å². The van der Waals surface area contributed by atoms with E-state index in [1.165, 1.54) is 0 Å². The number of hydrogen-bond acceptors (Lipinski definition) is 6. The molecule has 1 atom stereocenters. The van der Waals surface area contributed by atoms with E-state index in [0.717, 1.165) is 0 Å². The average molecular weight is 214 g/mol. The van der Waals surface area contributed by atoms with Crippen LogP contribution in [-0.2, 0) is 9.47 Å². The first-order valence-corrected chi connectivity index (χ1v) is 4.76. The zero-order chi connectivity index (χ0) is 11.3. The van der Waals surface area contributed by atoms with E-state index in [1.54, 1.807) is 14.0 Å². The highest BCUT2D eigenvalue weighted by molar-refractivity contribution is 5.83. The van der Waals surface area contributed by atoms with Crippen molar-refractivity contribution in [1.82, 2.24) is 10.1 Å². The summed E-state index contributed by atoms with van der Waals surface area (Å²) in [5.41, 5.74) is 0. The SMILES string of the molecule is CCOC(=O)c1nc(C(CC)OC)no1. The average Bonchev–Trinajstić information content (AvgIpc) is 2.69. The fourth-order valence-corrected chi connectivity index (χ4v) is 1.10. The van der Waals surface area contributed by atoms with Gasteiger partial charge in [0.1, 0.15) is 6.10 Å². The van der Waals surface area contributed by atoms with Gasteiger partial charge in [0, 0.05) is 7.11 Å². The Morgan fingerprint density at radius 2 is 2.27 bits per heavy atom. The summed E-state index contributed by atoms with van der Waals surface area (Å²) in [6.07, 6.45) is 0.454. The van der Waals surface area contributed by atoms with Crippen LogP contribution in [-0.4, -0.2) is 29.8 Å². The summed E-state index contributed by atoms with van der Waals surface area (Å²) in [4.78, 5) is 15.1. The number of rotatable bonds is 5. The van der Waals surface area contributed by atoms with Crippen molar-refractivity contribution in [1.29, 1.82) is 0 Å². The molecular weight excluding hydrogens is 200 g/mol. The Balaban J connectivity index is 2.75.